The zero-order valence-corrected chi connectivity index (χ0v) is 19.3. The third kappa shape index (κ3) is 5.87. The molecule has 0 saturated heterocycles. The summed E-state index contributed by atoms with van der Waals surface area (Å²) in [7, 11) is 0. The number of nitro groups is 4. The first-order valence-corrected chi connectivity index (χ1v) is 10.4. The van der Waals surface area contributed by atoms with Gasteiger partial charge in [-0.3, -0.25) is 40.5 Å². The third-order valence-electron chi connectivity index (χ3n) is 4.79. The highest BCUT2D eigenvalue weighted by atomic mass is 35.5. The van der Waals surface area contributed by atoms with Gasteiger partial charge in [-0.25, -0.2) is 0 Å². The monoisotopic (exact) mass is 530 g/mol. The summed E-state index contributed by atoms with van der Waals surface area (Å²) in [6.07, 6.45) is 2.80. The summed E-state index contributed by atoms with van der Waals surface area (Å²) >= 11 is 12.6. The molecule has 0 aliphatic rings. The van der Waals surface area contributed by atoms with Crippen molar-refractivity contribution < 1.29 is 19.7 Å². The Kier molecular flexibility index (Phi) is 7.72. The molecule has 0 unspecified atom stereocenters. The van der Waals surface area contributed by atoms with Gasteiger partial charge in [0, 0.05) is 12.1 Å². The first kappa shape index (κ1) is 25.9. The van der Waals surface area contributed by atoms with Gasteiger partial charge in [0.05, 0.1) is 53.0 Å². The molecule has 36 heavy (non-hydrogen) atoms. The highest BCUT2D eigenvalue weighted by Crippen LogP contribution is 2.35. The lowest BCUT2D eigenvalue weighted by Crippen LogP contribution is -1.96. The van der Waals surface area contributed by atoms with E-state index in [9.17, 15) is 40.5 Å². The van der Waals surface area contributed by atoms with Gasteiger partial charge in [-0.05, 0) is 41.5 Å². The number of halogens is 2. The van der Waals surface area contributed by atoms with Crippen LogP contribution in [0.3, 0.4) is 0 Å². The van der Waals surface area contributed by atoms with Crippen molar-refractivity contribution in [1.29, 1.82) is 0 Å². The smallest absolute Gasteiger partial charge is 0.258 e. The Hall–Kier alpha value is -4.68. The molecule has 0 spiro atoms. The largest absolute Gasteiger partial charge is 0.284 e. The maximum absolute atomic E-state index is 11.4. The Bertz CT molecular complexity index is 1380. The maximum Gasteiger partial charge on any atom is 0.284 e. The first-order chi connectivity index (χ1) is 17.0. The van der Waals surface area contributed by atoms with Gasteiger partial charge in [0.15, 0.2) is 0 Å². The SMILES string of the molecule is O=[N+]([O-])c1ccc(C(Cl)=Cc2cccc(/C=C(/Cl)c3ccc([N+](=O)[O-])cc3[N+](=O)[O-])c2)c([N+](=O)[O-])c1. The average molecular weight is 531 g/mol. The molecule has 0 N–H and O–H groups in total. The molecule has 0 aliphatic heterocycles. The zero-order valence-electron chi connectivity index (χ0n) is 17.7. The van der Waals surface area contributed by atoms with Crippen LogP contribution in [0.1, 0.15) is 22.3 Å². The molecule has 0 bridgehead atoms. The van der Waals surface area contributed by atoms with Gasteiger partial charge in [-0.2, -0.15) is 0 Å². The van der Waals surface area contributed by atoms with E-state index in [1.54, 1.807) is 24.3 Å². The number of hydrogen-bond acceptors (Lipinski definition) is 8. The number of non-ortho nitro benzene ring substituents is 2. The van der Waals surface area contributed by atoms with Crippen molar-refractivity contribution in [3.8, 4) is 0 Å². The van der Waals surface area contributed by atoms with Crippen LogP contribution >= 0.6 is 23.2 Å². The van der Waals surface area contributed by atoms with E-state index in [1.807, 2.05) is 0 Å². The Morgan fingerprint density at radius 3 is 1.31 bits per heavy atom. The van der Waals surface area contributed by atoms with Gasteiger partial charge in [0.2, 0.25) is 0 Å². The van der Waals surface area contributed by atoms with Crippen LogP contribution in [0.2, 0.25) is 0 Å². The average Bonchev–Trinajstić information content (AvgIpc) is 2.83. The van der Waals surface area contributed by atoms with Gasteiger partial charge in [-0.15, -0.1) is 0 Å². The van der Waals surface area contributed by atoms with E-state index in [0.29, 0.717) is 11.1 Å². The fourth-order valence-electron chi connectivity index (χ4n) is 3.16. The minimum Gasteiger partial charge on any atom is -0.258 e. The van der Waals surface area contributed by atoms with Crippen molar-refractivity contribution in [2.75, 3.05) is 0 Å². The lowest BCUT2D eigenvalue weighted by atomic mass is 10.1. The van der Waals surface area contributed by atoms with Crippen molar-refractivity contribution in [2.24, 2.45) is 0 Å². The summed E-state index contributed by atoms with van der Waals surface area (Å²) in [6.45, 7) is 0. The Morgan fingerprint density at radius 1 is 0.583 bits per heavy atom. The molecule has 0 aliphatic carbocycles. The lowest BCUT2D eigenvalue weighted by Gasteiger charge is -2.04. The molecule has 0 atom stereocenters. The van der Waals surface area contributed by atoms with Gasteiger partial charge in [0.25, 0.3) is 22.7 Å². The fraction of sp³-hybridized carbons (Fsp3) is 0. The normalized spacial score (nSPS) is 11.7. The summed E-state index contributed by atoms with van der Waals surface area (Å²) in [5.41, 5.74) is -1.13. The van der Waals surface area contributed by atoms with Crippen molar-refractivity contribution in [3.63, 3.8) is 0 Å². The third-order valence-corrected chi connectivity index (χ3v) is 5.42. The number of nitrogens with zero attached hydrogens (tertiary/aromatic N) is 4. The minimum atomic E-state index is -0.783. The molecule has 0 amide bonds. The summed E-state index contributed by atoms with van der Waals surface area (Å²) < 4.78 is 0. The summed E-state index contributed by atoms with van der Waals surface area (Å²) in [6, 6.07) is 12.6. The molecule has 0 radical (unpaired) electrons. The number of hydrogen-bond donors (Lipinski definition) is 0. The second-order valence-electron chi connectivity index (χ2n) is 7.09. The molecule has 0 aromatic heterocycles. The Morgan fingerprint density at radius 2 is 0.972 bits per heavy atom. The Labute approximate surface area is 211 Å². The molecule has 3 aromatic rings. The standard InChI is InChI=1S/C22H12Cl2N4O8/c23-19(17-6-4-15(25(29)30)11-21(17)27(33)34)9-13-2-1-3-14(8-13)10-20(24)18-7-5-16(26(31)32)12-22(18)28(35)36/h1-12H/b19-9+,20-10?. The van der Waals surface area contributed by atoms with Crippen LogP contribution in [-0.4, -0.2) is 19.7 Å². The highest BCUT2D eigenvalue weighted by Gasteiger charge is 2.22. The molecule has 0 heterocycles. The zero-order chi connectivity index (χ0) is 26.6. The fourth-order valence-corrected chi connectivity index (χ4v) is 3.73. The second-order valence-corrected chi connectivity index (χ2v) is 7.90. The topological polar surface area (TPSA) is 173 Å². The van der Waals surface area contributed by atoms with E-state index in [4.69, 9.17) is 23.2 Å². The van der Waals surface area contributed by atoms with Crippen molar-refractivity contribution in [1.82, 2.24) is 0 Å². The molecule has 3 rings (SSSR count). The van der Waals surface area contributed by atoms with Crippen LogP contribution in [0.15, 0.2) is 60.7 Å². The lowest BCUT2D eigenvalue weighted by molar-refractivity contribution is -0.394. The van der Waals surface area contributed by atoms with Crippen molar-refractivity contribution in [3.05, 3.63) is 123 Å². The first-order valence-electron chi connectivity index (χ1n) is 9.69. The second kappa shape index (κ2) is 10.7. The van der Waals surface area contributed by atoms with E-state index in [2.05, 4.69) is 0 Å². The highest BCUT2D eigenvalue weighted by molar-refractivity contribution is 6.52. The van der Waals surface area contributed by atoms with Gasteiger partial charge in [0.1, 0.15) is 0 Å². The van der Waals surface area contributed by atoms with Gasteiger partial charge in [-0.1, -0.05) is 41.4 Å². The van der Waals surface area contributed by atoms with Crippen LogP contribution in [0, 0.1) is 40.5 Å². The van der Waals surface area contributed by atoms with Crippen LogP contribution in [0.4, 0.5) is 22.7 Å². The van der Waals surface area contributed by atoms with Crippen molar-refractivity contribution in [2.45, 2.75) is 0 Å². The van der Waals surface area contributed by atoms with E-state index in [0.717, 1.165) is 24.3 Å². The van der Waals surface area contributed by atoms with E-state index in [1.165, 1.54) is 24.3 Å². The van der Waals surface area contributed by atoms with Crippen LogP contribution in [-0.2, 0) is 0 Å². The molecule has 0 fully saturated rings. The molecular weight excluding hydrogens is 519 g/mol. The van der Waals surface area contributed by atoms with Gasteiger partial charge < -0.3 is 0 Å². The van der Waals surface area contributed by atoms with Crippen LogP contribution in [0.25, 0.3) is 22.2 Å². The number of rotatable bonds is 8. The molecule has 0 saturated carbocycles. The molecule has 182 valence electrons. The van der Waals surface area contributed by atoms with E-state index >= 15 is 0 Å². The van der Waals surface area contributed by atoms with E-state index < -0.39 is 42.4 Å². The predicted octanol–water partition coefficient (Wildman–Crippen LogP) is 6.79. The number of nitro benzene ring substituents is 4. The summed E-state index contributed by atoms with van der Waals surface area (Å²) in [4.78, 5) is 41.6. The quantitative estimate of drug-likeness (QED) is 0.173. The van der Waals surface area contributed by atoms with Crippen LogP contribution < -0.4 is 0 Å². The molecule has 12 nitrogen and oxygen atoms in total. The summed E-state index contributed by atoms with van der Waals surface area (Å²) in [5.74, 6) is 0. The molecule has 3 aromatic carbocycles. The Balaban J connectivity index is 1.99. The number of benzene rings is 3. The van der Waals surface area contributed by atoms with E-state index in [-0.39, 0.29) is 21.2 Å². The molecule has 14 heteroatoms. The maximum atomic E-state index is 11.4. The molecular formula is C22H12Cl2N4O8. The predicted molar refractivity (Wildman–Crippen MR) is 133 cm³/mol. The minimum absolute atomic E-state index is 0.0345. The van der Waals surface area contributed by atoms with Crippen LogP contribution in [0.5, 0.6) is 0 Å². The van der Waals surface area contributed by atoms with Gasteiger partial charge >= 0.3 is 0 Å². The summed E-state index contributed by atoms with van der Waals surface area (Å²) in [5, 5.41) is 44.5. The van der Waals surface area contributed by atoms with Crippen molar-refractivity contribution >= 4 is 68.2 Å².